The van der Waals surface area contributed by atoms with Crippen LogP contribution >= 0.6 is 11.6 Å². The zero-order valence-electron chi connectivity index (χ0n) is 12.4. The first-order valence-electron chi connectivity index (χ1n) is 7.01. The van der Waals surface area contributed by atoms with Crippen molar-refractivity contribution in [3.63, 3.8) is 0 Å². The minimum Gasteiger partial charge on any atom is -0.326 e. The number of rotatable bonds is 4. The maximum atomic E-state index is 6.31. The van der Waals surface area contributed by atoms with Crippen LogP contribution in [-0.4, -0.2) is 9.55 Å². The molecule has 0 saturated carbocycles. The van der Waals surface area contributed by atoms with Gasteiger partial charge in [-0.15, -0.1) is 11.6 Å². The lowest BCUT2D eigenvalue weighted by molar-refractivity contribution is 0.364. The van der Waals surface area contributed by atoms with Gasteiger partial charge in [-0.05, 0) is 37.3 Å². The molecule has 104 valence electrons. The molecule has 0 aliphatic heterocycles. The number of aryl methyl sites for hydroxylation is 1. The first kappa shape index (κ1) is 14.4. The van der Waals surface area contributed by atoms with Gasteiger partial charge >= 0.3 is 0 Å². The Morgan fingerprint density at radius 2 is 1.89 bits per heavy atom. The molecule has 2 unspecified atom stereocenters. The monoisotopic (exact) mass is 278 g/mol. The third kappa shape index (κ3) is 2.79. The molecular weight excluding hydrogens is 256 g/mol. The Balaban J connectivity index is 2.57. The topological polar surface area (TPSA) is 17.8 Å². The van der Waals surface area contributed by atoms with Crippen LogP contribution in [0.3, 0.4) is 0 Å². The normalized spacial score (nSPS) is 15.1. The molecule has 1 heterocycles. The predicted octanol–water partition coefficient (Wildman–Crippen LogP) is 4.94. The Morgan fingerprint density at radius 3 is 2.47 bits per heavy atom. The summed E-state index contributed by atoms with van der Waals surface area (Å²) in [6.07, 6.45) is 0. The Labute approximate surface area is 120 Å². The summed E-state index contributed by atoms with van der Waals surface area (Å²) in [6.45, 7) is 11.9. The highest BCUT2D eigenvalue weighted by molar-refractivity contribution is 6.20. The number of alkyl halides is 1. The SMILES string of the molecule is Cc1cccc2nc(C(C)Cl)n(CC(C)C(C)C)c12. The number of para-hydroxylation sites is 1. The summed E-state index contributed by atoms with van der Waals surface area (Å²) < 4.78 is 2.31. The van der Waals surface area contributed by atoms with Crippen LogP contribution in [0.15, 0.2) is 18.2 Å². The van der Waals surface area contributed by atoms with Crippen molar-refractivity contribution >= 4 is 22.6 Å². The lowest BCUT2D eigenvalue weighted by atomic mass is 9.98. The first-order valence-corrected chi connectivity index (χ1v) is 7.45. The highest BCUT2D eigenvalue weighted by Crippen LogP contribution is 2.28. The van der Waals surface area contributed by atoms with Crippen LogP contribution in [0.1, 0.15) is 44.5 Å². The Bertz CT molecular complexity index is 569. The minimum absolute atomic E-state index is 0.0637. The molecule has 0 aliphatic carbocycles. The van der Waals surface area contributed by atoms with Gasteiger partial charge in [-0.25, -0.2) is 4.98 Å². The van der Waals surface area contributed by atoms with Crippen LogP contribution in [-0.2, 0) is 6.54 Å². The summed E-state index contributed by atoms with van der Waals surface area (Å²) in [5, 5.41) is -0.0637. The van der Waals surface area contributed by atoms with Gasteiger partial charge in [-0.3, -0.25) is 0 Å². The third-order valence-electron chi connectivity index (χ3n) is 3.96. The number of hydrogen-bond donors (Lipinski definition) is 0. The largest absolute Gasteiger partial charge is 0.326 e. The fourth-order valence-corrected chi connectivity index (χ4v) is 2.54. The third-order valence-corrected chi connectivity index (χ3v) is 4.16. The van der Waals surface area contributed by atoms with Crippen molar-refractivity contribution in [3.8, 4) is 0 Å². The van der Waals surface area contributed by atoms with Crippen LogP contribution in [0.25, 0.3) is 11.0 Å². The lowest BCUT2D eigenvalue weighted by Gasteiger charge is -2.19. The fraction of sp³-hybridized carbons (Fsp3) is 0.562. The fourth-order valence-electron chi connectivity index (χ4n) is 2.37. The van der Waals surface area contributed by atoms with Gasteiger partial charge in [0.1, 0.15) is 5.82 Å². The zero-order valence-corrected chi connectivity index (χ0v) is 13.2. The summed E-state index contributed by atoms with van der Waals surface area (Å²) in [5.74, 6) is 2.24. The van der Waals surface area contributed by atoms with E-state index in [9.17, 15) is 0 Å². The van der Waals surface area contributed by atoms with E-state index in [1.54, 1.807) is 0 Å². The Hall–Kier alpha value is -1.02. The quantitative estimate of drug-likeness (QED) is 0.725. The van der Waals surface area contributed by atoms with Gasteiger partial charge in [0, 0.05) is 6.54 Å². The van der Waals surface area contributed by atoms with Crippen molar-refractivity contribution in [2.75, 3.05) is 0 Å². The van der Waals surface area contributed by atoms with Crippen LogP contribution < -0.4 is 0 Å². The second-order valence-corrected chi connectivity index (χ2v) is 6.52. The van der Waals surface area contributed by atoms with Gasteiger partial charge in [0.05, 0.1) is 16.4 Å². The van der Waals surface area contributed by atoms with Crippen molar-refractivity contribution in [1.29, 1.82) is 0 Å². The summed E-state index contributed by atoms with van der Waals surface area (Å²) in [7, 11) is 0. The van der Waals surface area contributed by atoms with Crippen LogP contribution in [0.4, 0.5) is 0 Å². The molecule has 19 heavy (non-hydrogen) atoms. The molecule has 2 nitrogen and oxygen atoms in total. The van der Waals surface area contributed by atoms with E-state index in [0.29, 0.717) is 11.8 Å². The molecule has 0 N–H and O–H groups in total. The molecule has 0 spiro atoms. The highest BCUT2D eigenvalue weighted by Gasteiger charge is 2.18. The van der Waals surface area contributed by atoms with Gasteiger partial charge in [0.15, 0.2) is 0 Å². The van der Waals surface area contributed by atoms with Crippen molar-refractivity contribution in [2.45, 2.75) is 46.5 Å². The van der Waals surface area contributed by atoms with Crippen LogP contribution in [0, 0.1) is 18.8 Å². The van der Waals surface area contributed by atoms with Crippen LogP contribution in [0.5, 0.6) is 0 Å². The Kier molecular flexibility index (Phi) is 4.19. The Morgan fingerprint density at radius 1 is 1.21 bits per heavy atom. The van der Waals surface area contributed by atoms with Crippen LogP contribution in [0.2, 0.25) is 0 Å². The maximum absolute atomic E-state index is 6.31. The molecule has 3 heteroatoms. The number of imidazole rings is 1. The van der Waals surface area contributed by atoms with E-state index in [-0.39, 0.29) is 5.38 Å². The van der Waals surface area contributed by atoms with Crippen molar-refractivity contribution < 1.29 is 0 Å². The average Bonchev–Trinajstić information content (AvgIpc) is 2.69. The van der Waals surface area contributed by atoms with E-state index in [2.05, 4.69) is 50.5 Å². The molecule has 2 rings (SSSR count). The van der Waals surface area contributed by atoms with E-state index in [1.807, 2.05) is 6.92 Å². The number of hydrogen-bond acceptors (Lipinski definition) is 1. The van der Waals surface area contributed by atoms with Crippen molar-refractivity contribution in [1.82, 2.24) is 9.55 Å². The standard InChI is InChI=1S/C16H23ClN2/c1-10(2)12(4)9-19-15-11(3)7-6-8-14(15)18-16(19)13(5)17/h6-8,10,12-13H,9H2,1-5H3. The number of aromatic nitrogens is 2. The molecule has 0 aliphatic rings. The number of halogens is 1. The zero-order chi connectivity index (χ0) is 14.2. The average molecular weight is 279 g/mol. The molecule has 2 atom stereocenters. The summed E-state index contributed by atoms with van der Waals surface area (Å²) in [5.41, 5.74) is 3.56. The van der Waals surface area contributed by atoms with Gasteiger partial charge in [-0.1, -0.05) is 32.9 Å². The van der Waals surface area contributed by atoms with Crippen molar-refractivity contribution in [2.24, 2.45) is 11.8 Å². The minimum atomic E-state index is -0.0637. The van der Waals surface area contributed by atoms with Gasteiger partial charge < -0.3 is 4.57 Å². The van der Waals surface area contributed by atoms with Gasteiger partial charge in [-0.2, -0.15) is 0 Å². The molecule has 2 aromatic rings. The van der Waals surface area contributed by atoms with E-state index in [1.165, 1.54) is 11.1 Å². The number of nitrogens with zero attached hydrogens (tertiary/aromatic N) is 2. The second-order valence-electron chi connectivity index (χ2n) is 5.86. The summed E-state index contributed by atoms with van der Waals surface area (Å²) in [6, 6.07) is 6.27. The summed E-state index contributed by atoms with van der Waals surface area (Å²) >= 11 is 6.31. The second kappa shape index (κ2) is 5.54. The number of benzene rings is 1. The predicted molar refractivity (Wildman–Crippen MR) is 82.7 cm³/mol. The maximum Gasteiger partial charge on any atom is 0.127 e. The summed E-state index contributed by atoms with van der Waals surface area (Å²) in [4.78, 5) is 4.72. The highest BCUT2D eigenvalue weighted by atomic mass is 35.5. The molecule has 1 aromatic heterocycles. The molecule has 0 saturated heterocycles. The molecule has 1 aromatic carbocycles. The first-order chi connectivity index (χ1) is 8.91. The van der Waals surface area contributed by atoms with Gasteiger partial charge in [0.25, 0.3) is 0 Å². The molecule has 0 amide bonds. The van der Waals surface area contributed by atoms with E-state index in [0.717, 1.165) is 17.9 Å². The van der Waals surface area contributed by atoms with Crippen molar-refractivity contribution in [3.05, 3.63) is 29.6 Å². The molecule has 0 bridgehead atoms. The van der Waals surface area contributed by atoms with E-state index < -0.39 is 0 Å². The lowest BCUT2D eigenvalue weighted by Crippen LogP contribution is -2.15. The van der Waals surface area contributed by atoms with Gasteiger partial charge in [0.2, 0.25) is 0 Å². The van der Waals surface area contributed by atoms with E-state index in [4.69, 9.17) is 16.6 Å². The molecule has 0 radical (unpaired) electrons. The number of fused-ring (bicyclic) bond motifs is 1. The molecular formula is C16H23ClN2. The van der Waals surface area contributed by atoms with E-state index >= 15 is 0 Å². The molecule has 0 fully saturated rings. The smallest absolute Gasteiger partial charge is 0.127 e.